The van der Waals surface area contributed by atoms with Gasteiger partial charge in [-0.25, -0.2) is 4.98 Å². The standard InChI is InChI=1S/C22H18N4O2/c1-12-8-13(2)20(27)18(9-12)24-11-16-14(3)15(10-23)21-25-17-6-4-5-7-19(17)26(21)22(16)28/h4-9,11,24,27H,1-3H3. The largest absolute Gasteiger partial charge is 0.505 e. The Morgan fingerprint density at radius 3 is 2.71 bits per heavy atom. The van der Waals surface area contributed by atoms with Crippen LogP contribution in [-0.4, -0.2) is 14.5 Å². The molecule has 0 bridgehead atoms. The molecule has 0 unspecified atom stereocenters. The Morgan fingerprint density at radius 2 is 1.96 bits per heavy atom. The Labute approximate surface area is 161 Å². The molecule has 6 heteroatoms. The summed E-state index contributed by atoms with van der Waals surface area (Å²) in [6.45, 7) is 5.47. The van der Waals surface area contributed by atoms with Gasteiger partial charge in [0.2, 0.25) is 0 Å². The first-order chi connectivity index (χ1) is 13.4. The van der Waals surface area contributed by atoms with Crippen LogP contribution in [0, 0.1) is 32.1 Å². The third kappa shape index (κ3) is 2.57. The zero-order chi connectivity index (χ0) is 20.0. The van der Waals surface area contributed by atoms with Crippen LogP contribution in [0.25, 0.3) is 22.9 Å². The van der Waals surface area contributed by atoms with E-state index in [0.29, 0.717) is 38.7 Å². The van der Waals surface area contributed by atoms with Crippen LogP contribution >= 0.6 is 0 Å². The number of nitriles is 1. The van der Waals surface area contributed by atoms with Crippen molar-refractivity contribution in [3.63, 3.8) is 0 Å². The summed E-state index contributed by atoms with van der Waals surface area (Å²) in [5.41, 5.74) is 4.54. The predicted octanol–water partition coefficient (Wildman–Crippen LogP) is 2.92. The lowest BCUT2D eigenvalue weighted by molar-refractivity contribution is 0.473. The van der Waals surface area contributed by atoms with E-state index in [0.717, 1.165) is 11.1 Å². The number of pyridine rings is 1. The first kappa shape index (κ1) is 17.6. The Hall–Kier alpha value is -3.85. The van der Waals surface area contributed by atoms with E-state index in [2.05, 4.69) is 16.4 Å². The van der Waals surface area contributed by atoms with Crippen molar-refractivity contribution < 1.29 is 5.11 Å². The van der Waals surface area contributed by atoms with Gasteiger partial charge in [-0.05, 0) is 55.7 Å². The lowest BCUT2D eigenvalue weighted by Crippen LogP contribution is -2.34. The monoisotopic (exact) mass is 370 g/mol. The van der Waals surface area contributed by atoms with Gasteiger partial charge in [-0.1, -0.05) is 18.2 Å². The Morgan fingerprint density at radius 1 is 1.21 bits per heavy atom. The van der Waals surface area contributed by atoms with E-state index >= 15 is 0 Å². The topological polar surface area (TPSA) is 90.4 Å². The van der Waals surface area contributed by atoms with Gasteiger partial charge in [-0.2, -0.15) is 5.26 Å². The highest BCUT2D eigenvalue weighted by atomic mass is 16.3. The summed E-state index contributed by atoms with van der Waals surface area (Å²) in [7, 11) is 0. The van der Waals surface area contributed by atoms with Crippen molar-refractivity contribution in [2.75, 3.05) is 5.32 Å². The van der Waals surface area contributed by atoms with Gasteiger partial charge in [0, 0.05) is 6.20 Å². The fourth-order valence-electron chi connectivity index (χ4n) is 3.51. The molecule has 0 fully saturated rings. The molecule has 0 aliphatic rings. The summed E-state index contributed by atoms with van der Waals surface area (Å²) < 4.78 is 1.47. The molecule has 0 aliphatic carbocycles. The van der Waals surface area contributed by atoms with Crippen molar-refractivity contribution >= 4 is 28.6 Å². The smallest absolute Gasteiger partial charge is 0.265 e. The molecule has 138 valence electrons. The van der Waals surface area contributed by atoms with Crippen LogP contribution in [0.4, 0.5) is 5.69 Å². The van der Waals surface area contributed by atoms with Crippen molar-refractivity contribution in [2.45, 2.75) is 20.8 Å². The molecule has 0 aliphatic heterocycles. The number of nitrogens with one attached hydrogen (secondary N) is 1. The van der Waals surface area contributed by atoms with E-state index < -0.39 is 0 Å². The molecule has 0 amide bonds. The van der Waals surface area contributed by atoms with E-state index in [-0.39, 0.29) is 11.3 Å². The van der Waals surface area contributed by atoms with Crippen LogP contribution in [0.15, 0.2) is 41.2 Å². The number of fused-ring (bicyclic) bond motifs is 3. The summed E-state index contributed by atoms with van der Waals surface area (Å²) in [4.78, 5) is 17.7. The summed E-state index contributed by atoms with van der Waals surface area (Å²) >= 11 is 0. The van der Waals surface area contributed by atoms with E-state index in [1.807, 2.05) is 38.1 Å². The maximum atomic E-state index is 13.2. The van der Waals surface area contributed by atoms with Gasteiger partial charge in [-0.3, -0.25) is 9.20 Å². The molecule has 0 spiro atoms. The fraction of sp³-hybridized carbons (Fsp3) is 0.136. The van der Waals surface area contributed by atoms with Crippen LogP contribution < -0.4 is 16.1 Å². The normalized spacial score (nSPS) is 11.9. The molecule has 0 saturated heterocycles. The Kier molecular flexibility index (Phi) is 4.01. The second-order valence-corrected chi connectivity index (χ2v) is 6.86. The molecule has 4 rings (SSSR count). The summed E-state index contributed by atoms with van der Waals surface area (Å²) in [6.07, 6.45) is 1.54. The number of hydrogen-bond donors (Lipinski definition) is 2. The Bertz CT molecular complexity index is 1410. The van der Waals surface area contributed by atoms with Crippen molar-refractivity contribution in [3.05, 3.63) is 74.2 Å². The molecule has 2 aromatic carbocycles. The van der Waals surface area contributed by atoms with Gasteiger partial charge in [0.1, 0.15) is 11.8 Å². The lowest BCUT2D eigenvalue weighted by Gasteiger charge is -2.09. The molecule has 4 aromatic rings. The molecule has 28 heavy (non-hydrogen) atoms. The van der Waals surface area contributed by atoms with E-state index in [4.69, 9.17) is 0 Å². The van der Waals surface area contributed by atoms with Gasteiger partial charge >= 0.3 is 0 Å². The quantitative estimate of drug-likeness (QED) is 0.530. The van der Waals surface area contributed by atoms with Gasteiger partial charge in [-0.15, -0.1) is 0 Å². The van der Waals surface area contributed by atoms with Gasteiger partial charge in [0.15, 0.2) is 5.65 Å². The number of anilines is 1. The Balaban J connectivity index is 2.03. The van der Waals surface area contributed by atoms with Crippen LogP contribution in [0.1, 0.15) is 22.3 Å². The van der Waals surface area contributed by atoms with E-state index in [1.165, 1.54) is 4.40 Å². The van der Waals surface area contributed by atoms with Crippen LogP contribution in [0.5, 0.6) is 5.75 Å². The number of hydrogen-bond acceptors (Lipinski definition) is 5. The fourth-order valence-corrected chi connectivity index (χ4v) is 3.51. The summed E-state index contributed by atoms with van der Waals surface area (Å²) in [6, 6.07) is 13.1. The van der Waals surface area contributed by atoms with Crippen molar-refractivity contribution in [3.8, 4) is 11.8 Å². The molecular weight excluding hydrogens is 352 g/mol. The molecule has 2 aromatic heterocycles. The molecule has 2 heterocycles. The van der Waals surface area contributed by atoms with Crippen molar-refractivity contribution in [1.82, 2.24) is 9.38 Å². The lowest BCUT2D eigenvalue weighted by atomic mass is 10.1. The number of phenols is 1. The summed E-state index contributed by atoms with van der Waals surface area (Å²) in [5.74, 6) is 0.126. The number of aryl methyl sites for hydroxylation is 2. The maximum absolute atomic E-state index is 13.2. The highest BCUT2D eigenvalue weighted by molar-refractivity contribution is 5.82. The molecule has 0 atom stereocenters. The van der Waals surface area contributed by atoms with Gasteiger partial charge < -0.3 is 10.4 Å². The SMILES string of the molecule is Cc1cc(C)c(O)c(NC=c2c(C)c(C#N)c3nc4ccccc4n3c2=O)c1. The zero-order valence-corrected chi connectivity index (χ0v) is 15.7. The highest BCUT2D eigenvalue weighted by Crippen LogP contribution is 2.28. The molecule has 6 nitrogen and oxygen atoms in total. The zero-order valence-electron chi connectivity index (χ0n) is 15.7. The minimum Gasteiger partial charge on any atom is -0.505 e. The number of aromatic nitrogens is 2. The van der Waals surface area contributed by atoms with Crippen molar-refractivity contribution in [1.29, 1.82) is 5.26 Å². The van der Waals surface area contributed by atoms with E-state index in [9.17, 15) is 15.2 Å². The minimum atomic E-state index is -0.267. The average Bonchev–Trinajstić information content (AvgIpc) is 3.05. The van der Waals surface area contributed by atoms with Crippen molar-refractivity contribution in [2.24, 2.45) is 0 Å². The number of nitrogens with zero attached hydrogens (tertiary/aromatic N) is 3. The molecule has 2 N–H and O–H groups in total. The summed E-state index contributed by atoms with van der Waals surface area (Å²) in [5, 5.41) is 23.4. The maximum Gasteiger partial charge on any atom is 0.265 e. The minimum absolute atomic E-state index is 0.126. The van der Waals surface area contributed by atoms with Crippen LogP contribution in [0.2, 0.25) is 0 Å². The second kappa shape index (κ2) is 6.39. The first-order valence-electron chi connectivity index (χ1n) is 8.83. The van der Waals surface area contributed by atoms with Crippen LogP contribution in [0.3, 0.4) is 0 Å². The number of phenolic OH excluding ortho intramolecular Hbond substituents is 1. The predicted molar refractivity (Wildman–Crippen MR) is 109 cm³/mol. The van der Waals surface area contributed by atoms with Gasteiger partial charge in [0.05, 0.1) is 27.5 Å². The number of benzene rings is 2. The molecular formula is C22H18N4O2. The number of imidazole rings is 1. The van der Waals surface area contributed by atoms with Crippen LogP contribution in [-0.2, 0) is 0 Å². The molecule has 0 radical (unpaired) electrons. The number of para-hydroxylation sites is 2. The van der Waals surface area contributed by atoms with E-state index in [1.54, 1.807) is 25.3 Å². The van der Waals surface area contributed by atoms with Gasteiger partial charge in [0.25, 0.3) is 5.56 Å². The number of aromatic hydroxyl groups is 1. The number of rotatable bonds is 2. The second-order valence-electron chi connectivity index (χ2n) is 6.86. The third-order valence-corrected chi connectivity index (χ3v) is 4.93. The first-order valence-corrected chi connectivity index (χ1v) is 8.83. The molecule has 0 saturated carbocycles. The third-order valence-electron chi connectivity index (χ3n) is 4.93. The average molecular weight is 370 g/mol. The highest BCUT2D eigenvalue weighted by Gasteiger charge is 2.16.